The predicted octanol–water partition coefficient (Wildman–Crippen LogP) is 3.35. The van der Waals surface area contributed by atoms with E-state index in [0.717, 1.165) is 12.0 Å². The van der Waals surface area contributed by atoms with E-state index in [1.807, 2.05) is 37.3 Å². The third-order valence-electron chi connectivity index (χ3n) is 1.82. The van der Waals surface area contributed by atoms with Crippen molar-refractivity contribution in [1.82, 2.24) is 3.93 Å². The van der Waals surface area contributed by atoms with E-state index >= 15 is 0 Å². The van der Waals surface area contributed by atoms with Gasteiger partial charge in [-0.1, -0.05) is 37.3 Å². The molecule has 0 N–H and O–H groups in total. The van der Waals surface area contributed by atoms with Crippen LogP contribution in [-0.4, -0.2) is 16.6 Å². The summed E-state index contributed by atoms with van der Waals surface area (Å²) in [5.74, 6) is 0. The van der Waals surface area contributed by atoms with Crippen LogP contribution in [0.25, 0.3) is 0 Å². The van der Waals surface area contributed by atoms with Gasteiger partial charge in [0.25, 0.3) is 0 Å². The highest BCUT2D eigenvalue weighted by atomic mass is 79.9. The van der Waals surface area contributed by atoms with Crippen molar-refractivity contribution in [3.05, 3.63) is 35.9 Å². The molecule has 0 fully saturated rings. The van der Waals surface area contributed by atoms with Crippen LogP contribution < -0.4 is 0 Å². The zero-order chi connectivity index (χ0) is 11.1. The summed E-state index contributed by atoms with van der Waals surface area (Å²) in [7, 11) is 0. The van der Waals surface area contributed by atoms with Crippen molar-refractivity contribution < 1.29 is 9.53 Å². The van der Waals surface area contributed by atoms with E-state index in [0.29, 0.717) is 13.2 Å². The summed E-state index contributed by atoms with van der Waals surface area (Å²) in [6.45, 7) is 2.96. The van der Waals surface area contributed by atoms with Crippen molar-refractivity contribution >= 4 is 22.2 Å². The molecule has 0 radical (unpaired) electrons. The maximum Gasteiger partial charge on any atom is 0.420 e. The maximum atomic E-state index is 11.4. The van der Waals surface area contributed by atoms with Crippen molar-refractivity contribution in [3.8, 4) is 0 Å². The summed E-state index contributed by atoms with van der Waals surface area (Å²) in [5, 5.41) is 0. The number of carbonyl (C=O) groups is 1. The Morgan fingerprint density at radius 1 is 1.40 bits per heavy atom. The van der Waals surface area contributed by atoms with Crippen LogP contribution in [0.3, 0.4) is 0 Å². The fourth-order valence-electron chi connectivity index (χ4n) is 1.08. The summed E-state index contributed by atoms with van der Waals surface area (Å²) < 4.78 is 6.48. The van der Waals surface area contributed by atoms with Crippen LogP contribution in [0.4, 0.5) is 4.79 Å². The molecule has 0 aromatic heterocycles. The van der Waals surface area contributed by atoms with E-state index in [4.69, 9.17) is 4.74 Å². The van der Waals surface area contributed by atoms with Crippen LogP contribution >= 0.6 is 16.1 Å². The highest BCUT2D eigenvalue weighted by Crippen LogP contribution is 2.06. The number of hydrogen-bond acceptors (Lipinski definition) is 2. The number of ether oxygens (including phenoxy) is 1. The molecule has 0 aliphatic heterocycles. The standard InChI is InChI=1S/C11H14BrNO2/c1-2-8-13(12)11(14)15-9-10-6-4-3-5-7-10/h3-7H,2,8-9H2,1H3. The molecule has 82 valence electrons. The Morgan fingerprint density at radius 2 is 2.07 bits per heavy atom. The molecule has 3 nitrogen and oxygen atoms in total. The molecule has 0 aliphatic carbocycles. The molecule has 1 aromatic carbocycles. The third-order valence-corrected chi connectivity index (χ3v) is 2.47. The molecule has 0 spiro atoms. The number of benzene rings is 1. The number of nitrogens with zero attached hydrogens (tertiary/aromatic N) is 1. The lowest BCUT2D eigenvalue weighted by atomic mass is 10.2. The van der Waals surface area contributed by atoms with Crippen molar-refractivity contribution in [3.63, 3.8) is 0 Å². The molecule has 15 heavy (non-hydrogen) atoms. The van der Waals surface area contributed by atoms with Gasteiger partial charge in [0.05, 0.1) is 16.1 Å². The van der Waals surface area contributed by atoms with Gasteiger partial charge in [0, 0.05) is 6.54 Å². The Labute approximate surface area is 98.4 Å². The van der Waals surface area contributed by atoms with Gasteiger partial charge in [0.1, 0.15) is 6.61 Å². The Kier molecular flexibility index (Phi) is 5.18. The van der Waals surface area contributed by atoms with Crippen LogP contribution in [0.2, 0.25) is 0 Å². The van der Waals surface area contributed by atoms with E-state index in [1.165, 1.54) is 3.93 Å². The Morgan fingerprint density at radius 3 is 2.67 bits per heavy atom. The minimum absolute atomic E-state index is 0.311. The molecule has 0 atom stereocenters. The van der Waals surface area contributed by atoms with Crippen LogP contribution in [0.5, 0.6) is 0 Å². The van der Waals surface area contributed by atoms with E-state index in [2.05, 4.69) is 16.1 Å². The van der Waals surface area contributed by atoms with Gasteiger partial charge < -0.3 is 4.74 Å². The van der Waals surface area contributed by atoms with Gasteiger partial charge in [-0.05, 0) is 12.0 Å². The van der Waals surface area contributed by atoms with Crippen molar-refractivity contribution in [1.29, 1.82) is 0 Å². The second-order valence-corrected chi connectivity index (χ2v) is 3.98. The zero-order valence-electron chi connectivity index (χ0n) is 8.65. The molecule has 1 aromatic rings. The summed E-state index contributed by atoms with van der Waals surface area (Å²) in [6.07, 6.45) is 0.548. The highest BCUT2D eigenvalue weighted by Gasteiger charge is 2.10. The number of hydrogen-bond donors (Lipinski definition) is 0. The average molecular weight is 272 g/mol. The van der Waals surface area contributed by atoms with E-state index in [9.17, 15) is 4.79 Å². The quantitative estimate of drug-likeness (QED) is 0.787. The molecule has 0 bridgehead atoms. The lowest BCUT2D eigenvalue weighted by Crippen LogP contribution is -2.22. The van der Waals surface area contributed by atoms with Crippen molar-refractivity contribution in [2.75, 3.05) is 6.54 Å². The van der Waals surface area contributed by atoms with Gasteiger partial charge in [-0.15, -0.1) is 0 Å². The summed E-state index contributed by atoms with van der Waals surface area (Å²) in [6, 6.07) is 9.61. The second-order valence-electron chi connectivity index (χ2n) is 3.13. The monoisotopic (exact) mass is 271 g/mol. The molecular weight excluding hydrogens is 258 g/mol. The van der Waals surface area contributed by atoms with Gasteiger partial charge >= 0.3 is 6.09 Å². The first kappa shape index (κ1) is 12.0. The number of rotatable bonds is 4. The van der Waals surface area contributed by atoms with Gasteiger partial charge in [-0.2, -0.15) is 0 Å². The lowest BCUT2D eigenvalue weighted by molar-refractivity contribution is 0.123. The van der Waals surface area contributed by atoms with Crippen LogP contribution in [-0.2, 0) is 11.3 Å². The molecule has 0 heterocycles. The van der Waals surface area contributed by atoms with Gasteiger partial charge in [0.15, 0.2) is 0 Å². The van der Waals surface area contributed by atoms with Gasteiger partial charge in [-0.25, -0.2) is 8.72 Å². The molecule has 1 rings (SSSR count). The van der Waals surface area contributed by atoms with Crippen molar-refractivity contribution in [2.45, 2.75) is 20.0 Å². The summed E-state index contributed by atoms with van der Waals surface area (Å²) in [4.78, 5) is 11.4. The van der Waals surface area contributed by atoms with E-state index in [-0.39, 0.29) is 6.09 Å². The molecule has 0 saturated carbocycles. The smallest absolute Gasteiger partial charge is 0.420 e. The fourth-order valence-corrected chi connectivity index (χ4v) is 1.53. The third kappa shape index (κ3) is 4.34. The first-order chi connectivity index (χ1) is 7.24. The topological polar surface area (TPSA) is 29.5 Å². The number of halogens is 1. The normalized spacial score (nSPS) is 9.73. The zero-order valence-corrected chi connectivity index (χ0v) is 10.2. The SMILES string of the molecule is CCCN(Br)C(=O)OCc1ccccc1. The second kappa shape index (κ2) is 6.45. The lowest BCUT2D eigenvalue weighted by Gasteiger charge is -2.13. The minimum Gasteiger partial charge on any atom is -0.444 e. The molecular formula is C11H14BrNO2. The predicted molar refractivity (Wildman–Crippen MR) is 62.6 cm³/mol. The molecule has 0 saturated heterocycles. The molecule has 1 amide bonds. The van der Waals surface area contributed by atoms with E-state index < -0.39 is 0 Å². The highest BCUT2D eigenvalue weighted by molar-refractivity contribution is 9.07. The van der Waals surface area contributed by atoms with E-state index in [1.54, 1.807) is 0 Å². The molecule has 4 heteroatoms. The first-order valence-corrected chi connectivity index (χ1v) is 5.59. The largest absolute Gasteiger partial charge is 0.444 e. The minimum atomic E-state index is -0.347. The van der Waals surface area contributed by atoms with Gasteiger partial charge in [0.2, 0.25) is 0 Å². The maximum absolute atomic E-state index is 11.4. The Hall–Kier alpha value is -1.03. The Bertz CT molecular complexity index is 303. The van der Waals surface area contributed by atoms with Crippen LogP contribution in [0, 0.1) is 0 Å². The Balaban J connectivity index is 2.34. The fraction of sp³-hybridized carbons (Fsp3) is 0.364. The summed E-state index contributed by atoms with van der Waals surface area (Å²) in [5.41, 5.74) is 0.989. The van der Waals surface area contributed by atoms with Crippen molar-refractivity contribution in [2.24, 2.45) is 0 Å². The molecule has 0 unspecified atom stereocenters. The van der Waals surface area contributed by atoms with Gasteiger partial charge in [-0.3, -0.25) is 0 Å². The average Bonchev–Trinajstić information content (AvgIpc) is 2.27. The number of amides is 1. The summed E-state index contributed by atoms with van der Waals surface area (Å²) >= 11 is 3.14. The number of carbonyl (C=O) groups excluding carboxylic acids is 1. The first-order valence-electron chi connectivity index (χ1n) is 4.88. The molecule has 0 aliphatic rings. The van der Waals surface area contributed by atoms with Crippen LogP contribution in [0.1, 0.15) is 18.9 Å². The van der Waals surface area contributed by atoms with Crippen LogP contribution in [0.15, 0.2) is 30.3 Å².